The van der Waals surface area contributed by atoms with Crippen molar-refractivity contribution >= 4 is 11.9 Å². The Labute approximate surface area is 259 Å². The SMILES string of the molecule is CCN1C[C@]2(COC)CC[C@H](OC)[C@@]34C5C[C@@]6(O)C(OC(=O)c7ccccc7)C5[C@](OC(C)=O)(C[C@@H]6OC)[C@H](C(OC)C23)C14. The predicted molar refractivity (Wildman–Crippen MR) is 158 cm³/mol. The van der Waals surface area contributed by atoms with Crippen LogP contribution in [0, 0.1) is 34.5 Å². The lowest BCUT2D eigenvalue weighted by Gasteiger charge is -2.69. The Balaban J connectivity index is 1.49. The minimum absolute atomic E-state index is 0.0216. The van der Waals surface area contributed by atoms with Crippen molar-refractivity contribution in [2.45, 2.75) is 81.2 Å². The number of aliphatic hydroxyl groups is 1. The first-order valence-electron chi connectivity index (χ1n) is 16.1. The highest BCUT2D eigenvalue weighted by Crippen LogP contribution is 2.80. The molecule has 1 aromatic carbocycles. The highest BCUT2D eigenvalue weighted by Gasteiger charge is 2.89. The molecule has 1 aliphatic heterocycles. The summed E-state index contributed by atoms with van der Waals surface area (Å²) in [5.74, 6) is -1.85. The standard InChI is InChI=1S/C34H47NO9/c1-7-35-17-31(18-39-3)14-13-22(40-4)34-21-15-32(38)23(41-5)16-33(44-19(2)36,25(28(34)35)26(42-6)27(31)34)24(21)29(32)43-30(37)20-11-9-8-10-12-20/h8-12,21-29,38H,7,13-18H2,1-6H3/t21?,22-,23-,24?,25+,26?,27?,28?,29?,31-,32-,33+,34-/m0/s1. The van der Waals surface area contributed by atoms with E-state index in [1.165, 1.54) is 6.92 Å². The number of likely N-dealkylation sites (tertiary alicyclic amines) is 1. The number of ether oxygens (including phenoxy) is 6. The Kier molecular flexibility index (Phi) is 7.27. The van der Waals surface area contributed by atoms with Crippen LogP contribution in [0.15, 0.2) is 30.3 Å². The third kappa shape index (κ3) is 3.58. The van der Waals surface area contributed by atoms with Crippen LogP contribution in [0.4, 0.5) is 0 Å². The van der Waals surface area contributed by atoms with Gasteiger partial charge in [-0.3, -0.25) is 9.69 Å². The third-order valence-corrected chi connectivity index (χ3v) is 13.0. The van der Waals surface area contributed by atoms with E-state index in [9.17, 15) is 14.7 Å². The van der Waals surface area contributed by atoms with Gasteiger partial charge in [-0.25, -0.2) is 4.79 Å². The van der Waals surface area contributed by atoms with E-state index in [1.807, 2.05) is 6.07 Å². The molecule has 5 aliphatic carbocycles. The molecule has 0 radical (unpaired) electrons. The summed E-state index contributed by atoms with van der Waals surface area (Å²) in [6.07, 6.45) is 0.292. The summed E-state index contributed by atoms with van der Waals surface area (Å²) in [6.45, 7) is 5.84. The number of hydrogen-bond donors (Lipinski definition) is 1. The first kappa shape index (κ1) is 30.6. The van der Waals surface area contributed by atoms with E-state index in [2.05, 4.69) is 11.8 Å². The number of fused-ring (bicyclic) bond motifs is 2. The van der Waals surface area contributed by atoms with Gasteiger partial charge in [0.1, 0.15) is 17.3 Å². The molecule has 0 amide bonds. The van der Waals surface area contributed by atoms with Crippen molar-refractivity contribution in [3.63, 3.8) is 0 Å². The van der Waals surface area contributed by atoms with E-state index in [1.54, 1.807) is 52.7 Å². The van der Waals surface area contributed by atoms with E-state index in [0.29, 0.717) is 18.6 Å². The molecule has 10 heteroatoms. The molecule has 6 aliphatic rings. The molecule has 5 saturated carbocycles. The number of methoxy groups -OCH3 is 4. The normalized spacial score (nSPS) is 48.2. The molecule has 1 aromatic rings. The average Bonchev–Trinajstić information content (AvgIpc) is 3.39. The molecule has 242 valence electrons. The smallest absolute Gasteiger partial charge is 0.338 e. The lowest BCUT2D eigenvalue weighted by atomic mass is 9.43. The Morgan fingerprint density at radius 3 is 2.34 bits per heavy atom. The summed E-state index contributed by atoms with van der Waals surface area (Å²) < 4.78 is 38.2. The fourth-order valence-electron chi connectivity index (χ4n) is 12.3. The van der Waals surface area contributed by atoms with Crippen LogP contribution in [0.5, 0.6) is 0 Å². The number of rotatable bonds is 9. The number of piperidine rings is 1. The second-order valence-electron chi connectivity index (χ2n) is 14.3. The third-order valence-electron chi connectivity index (χ3n) is 13.0. The van der Waals surface area contributed by atoms with Crippen molar-refractivity contribution in [3.05, 3.63) is 35.9 Å². The maximum absolute atomic E-state index is 13.7. The quantitative estimate of drug-likeness (QED) is 0.417. The van der Waals surface area contributed by atoms with Crippen LogP contribution in [0.2, 0.25) is 0 Å². The van der Waals surface area contributed by atoms with Gasteiger partial charge in [-0.2, -0.15) is 0 Å². The van der Waals surface area contributed by atoms with Gasteiger partial charge in [-0.1, -0.05) is 25.1 Å². The molecule has 6 unspecified atom stereocenters. The molecule has 7 bridgehead atoms. The van der Waals surface area contributed by atoms with Crippen molar-refractivity contribution in [1.29, 1.82) is 0 Å². The molecule has 1 saturated heterocycles. The number of carbonyl (C=O) groups excluding carboxylic acids is 2. The highest BCUT2D eigenvalue weighted by molar-refractivity contribution is 5.89. The van der Waals surface area contributed by atoms with Crippen molar-refractivity contribution in [3.8, 4) is 0 Å². The maximum Gasteiger partial charge on any atom is 0.338 e. The van der Waals surface area contributed by atoms with Crippen molar-refractivity contribution in [2.24, 2.45) is 34.5 Å². The molecule has 6 fully saturated rings. The molecular formula is C34H47NO9. The lowest BCUT2D eigenvalue weighted by molar-refractivity contribution is -0.287. The van der Waals surface area contributed by atoms with Crippen LogP contribution in [0.3, 0.4) is 0 Å². The van der Waals surface area contributed by atoms with Gasteiger partial charge in [0.15, 0.2) is 0 Å². The topological polar surface area (TPSA) is 113 Å². The number of benzene rings is 1. The largest absolute Gasteiger partial charge is 0.458 e. The van der Waals surface area contributed by atoms with E-state index in [4.69, 9.17) is 28.4 Å². The summed E-state index contributed by atoms with van der Waals surface area (Å²) in [4.78, 5) is 29.5. The van der Waals surface area contributed by atoms with Crippen molar-refractivity contribution < 1.29 is 43.1 Å². The average molecular weight is 614 g/mol. The second kappa shape index (κ2) is 10.5. The van der Waals surface area contributed by atoms with Gasteiger partial charge < -0.3 is 33.5 Å². The van der Waals surface area contributed by atoms with Crippen molar-refractivity contribution in [2.75, 3.05) is 48.1 Å². The van der Waals surface area contributed by atoms with E-state index < -0.39 is 46.7 Å². The van der Waals surface area contributed by atoms with E-state index >= 15 is 0 Å². The zero-order chi connectivity index (χ0) is 31.2. The molecular weight excluding hydrogens is 566 g/mol. The molecule has 1 heterocycles. The highest BCUT2D eigenvalue weighted by atomic mass is 16.6. The van der Waals surface area contributed by atoms with Crippen LogP contribution < -0.4 is 0 Å². The summed E-state index contributed by atoms with van der Waals surface area (Å²) in [5.41, 5.74) is -2.88. The van der Waals surface area contributed by atoms with Gasteiger partial charge in [0, 0.05) is 83.0 Å². The Morgan fingerprint density at radius 2 is 1.73 bits per heavy atom. The van der Waals surface area contributed by atoms with E-state index in [-0.39, 0.29) is 47.8 Å². The summed E-state index contributed by atoms with van der Waals surface area (Å²) in [7, 11) is 6.90. The van der Waals surface area contributed by atoms with Crippen LogP contribution in [-0.2, 0) is 33.2 Å². The first-order chi connectivity index (χ1) is 21.1. The van der Waals surface area contributed by atoms with Crippen LogP contribution in [-0.4, -0.2) is 112 Å². The minimum Gasteiger partial charge on any atom is -0.458 e. The Morgan fingerprint density at radius 1 is 1.00 bits per heavy atom. The molecule has 44 heavy (non-hydrogen) atoms. The van der Waals surface area contributed by atoms with Crippen LogP contribution >= 0.6 is 0 Å². The van der Waals surface area contributed by atoms with Crippen LogP contribution in [0.1, 0.15) is 49.9 Å². The molecule has 1 N–H and O–H groups in total. The minimum atomic E-state index is -1.48. The summed E-state index contributed by atoms with van der Waals surface area (Å²) >= 11 is 0. The Hall–Kier alpha value is -2.08. The van der Waals surface area contributed by atoms with Gasteiger partial charge >= 0.3 is 11.9 Å². The number of nitrogens with zero attached hydrogens (tertiary/aromatic N) is 1. The predicted octanol–water partition coefficient (Wildman–Crippen LogP) is 2.71. The summed E-state index contributed by atoms with van der Waals surface area (Å²) in [6, 6.07) is 8.80. The van der Waals surface area contributed by atoms with E-state index in [0.717, 1.165) is 25.9 Å². The van der Waals surface area contributed by atoms with Crippen molar-refractivity contribution in [1.82, 2.24) is 4.90 Å². The number of carbonyl (C=O) groups is 2. The molecule has 0 aromatic heterocycles. The summed E-state index contributed by atoms with van der Waals surface area (Å²) in [5, 5.41) is 12.7. The number of hydrogen-bond acceptors (Lipinski definition) is 10. The zero-order valence-corrected chi connectivity index (χ0v) is 26.7. The fourth-order valence-corrected chi connectivity index (χ4v) is 12.3. The maximum atomic E-state index is 13.7. The molecule has 1 spiro atoms. The van der Waals surface area contributed by atoms with Crippen LogP contribution in [0.25, 0.3) is 0 Å². The van der Waals surface area contributed by atoms with Gasteiger partial charge in [0.2, 0.25) is 0 Å². The second-order valence-corrected chi connectivity index (χ2v) is 14.3. The molecule has 13 atom stereocenters. The fraction of sp³-hybridized carbons (Fsp3) is 0.765. The molecule has 10 nitrogen and oxygen atoms in total. The number of esters is 2. The zero-order valence-electron chi connectivity index (χ0n) is 26.7. The van der Waals surface area contributed by atoms with Gasteiger partial charge in [0.25, 0.3) is 0 Å². The Bertz CT molecular complexity index is 1290. The first-order valence-corrected chi connectivity index (χ1v) is 16.1. The lowest BCUT2D eigenvalue weighted by Crippen LogP contribution is -2.77. The monoisotopic (exact) mass is 613 g/mol. The van der Waals surface area contributed by atoms with Gasteiger partial charge in [-0.05, 0) is 43.9 Å². The molecule has 7 rings (SSSR count). The van der Waals surface area contributed by atoms with Gasteiger partial charge in [0.05, 0.1) is 30.5 Å². The van der Waals surface area contributed by atoms with Gasteiger partial charge in [-0.15, -0.1) is 0 Å².